The molecule has 2 saturated heterocycles. The Balaban J connectivity index is 1.27. The predicted octanol–water partition coefficient (Wildman–Crippen LogP) is 4.73. The summed E-state index contributed by atoms with van der Waals surface area (Å²) in [5, 5.41) is 26.4. The average molecular weight is 422 g/mol. The molecule has 4 nitrogen and oxygen atoms in total. The summed E-state index contributed by atoms with van der Waals surface area (Å²) in [4.78, 5) is 0. The van der Waals surface area contributed by atoms with Crippen molar-refractivity contribution in [3.63, 3.8) is 0 Å². The first kappa shape index (κ1) is 23.0. The van der Waals surface area contributed by atoms with Gasteiger partial charge in [0.2, 0.25) is 0 Å². The summed E-state index contributed by atoms with van der Waals surface area (Å²) in [6.45, 7) is 15.9. The summed E-state index contributed by atoms with van der Waals surface area (Å²) in [5.74, 6) is 2.31. The van der Waals surface area contributed by atoms with Crippen molar-refractivity contribution in [3.05, 3.63) is 0 Å². The number of aliphatic hydroxyl groups excluding tert-OH is 1. The largest absolute Gasteiger partial charge is 0.389 e. The van der Waals surface area contributed by atoms with Crippen LogP contribution in [-0.2, 0) is 4.74 Å². The fourth-order valence-corrected chi connectivity index (χ4v) is 7.77. The van der Waals surface area contributed by atoms with E-state index >= 15 is 0 Å². The van der Waals surface area contributed by atoms with E-state index in [1.54, 1.807) is 0 Å². The highest BCUT2D eigenvalue weighted by molar-refractivity contribution is 5.13. The van der Waals surface area contributed by atoms with Crippen molar-refractivity contribution < 1.29 is 14.9 Å². The van der Waals surface area contributed by atoms with E-state index in [0.29, 0.717) is 36.4 Å². The second-order valence-electron chi connectivity index (χ2n) is 13.6. The molecule has 0 aromatic heterocycles. The van der Waals surface area contributed by atoms with Crippen LogP contribution in [0.5, 0.6) is 0 Å². The highest BCUT2D eigenvalue weighted by atomic mass is 16.6. The standard InChI is InChI=1S/C26H47NO3/c1-23(2,3)25(7,24(4,5)6)22(28)30-9-8-16-10-18(11-16)26(29)15-17-12-19-14-20(26)21(13-17)27-19/h16-22,27-29H,8-15H2,1-7H3. The number of nitrogens with one attached hydrogen (secondary N) is 1. The van der Waals surface area contributed by atoms with Gasteiger partial charge in [-0.1, -0.05) is 48.5 Å². The third-order valence-corrected chi connectivity index (χ3v) is 10.3. The summed E-state index contributed by atoms with van der Waals surface area (Å²) in [6.07, 6.45) is 7.27. The molecule has 0 amide bonds. The van der Waals surface area contributed by atoms with Crippen molar-refractivity contribution in [3.8, 4) is 0 Å². The van der Waals surface area contributed by atoms with E-state index in [0.717, 1.165) is 31.6 Å². The van der Waals surface area contributed by atoms with Gasteiger partial charge in [-0.2, -0.15) is 0 Å². The summed E-state index contributed by atoms with van der Waals surface area (Å²) in [7, 11) is 0. The molecule has 174 valence electrons. The van der Waals surface area contributed by atoms with Crippen LogP contribution in [0.2, 0.25) is 0 Å². The highest BCUT2D eigenvalue weighted by Gasteiger charge is 2.60. The fourth-order valence-electron chi connectivity index (χ4n) is 7.77. The number of rotatable bonds is 6. The zero-order chi connectivity index (χ0) is 22.1. The Morgan fingerprint density at radius 3 is 2.20 bits per heavy atom. The first-order valence-electron chi connectivity index (χ1n) is 12.5. The fraction of sp³-hybridized carbons (Fsp3) is 1.00. The van der Waals surface area contributed by atoms with Crippen LogP contribution in [0.3, 0.4) is 0 Å². The molecule has 0 aromatic carbocycles. The molecular weight excluding hydrogens is 374 g/mol. The molecule has 4 fully saturated rings. The van der Waals surface area contributed by atoms with Crippen LogP contribution >= 0.6 is 0 Å². The van der Waals surface area contributed by atoms with Crippen LogP contribution < -0.4 is 5.32 Å². The van der Waals surface area contributed by atoms with E-state index in [2.05, 4.69) is 53.8 Å². The molecule has 4 rings (SSSR count). The molecule has 0 radical (unpaired) electrons. The maximum absolute atomic E-state index is 11.7. The van der Waals surface area contributed by atoms with Gasteiger partial charge in [0.15, 0.2) is 6.29 Å². The van der Waals surface area contributed by atoms with Gasteiger partial charge >= 0.3 is 0 Å². The molecule has 2 saturated carbocycles. The zero-order valence-corrected chi connectivity index (χ0v) is 20.5. The molecule has 4 aliphatic rings. The van der Waals surface area contributed by atoms with E-state index in [-0.39, 0.29) is 16.2 Å². The molecule has 2 aliphatic carbocycles. The average Bonchev–Trinajstić information content (AvgIpc) is 2.82. The maximum atomic E-state index is 11.7. The Kier molecular flexibility index (Phi) is 5.70. The van der Waals surface area contributed by atoms with Gasteiger partial charge in [-0.25, -0.2) is 0 Å². The third kappa shape index (κ3) is 3.58. The molecule has 6 atom stereocenters. The van der Waals surface area contributed by atoms with Crippen LogP contribution in [0.15, 0.2) is 0 Å². The predicted molar refractivity (Wildman–Crippen MR) is 121 cm³/mol. The molecule has 2 aliphatic heterocycles. The normalized spacial score (nSPS) is 42.3. The summed E-state index contributed by atoms with van der Waals surface area (Å²) in [6, 6.07) is 1.23. The van der Waals surface area contributed by atoms with Gasteiger partial charge in [0.05, 0.1) is 12.2 Å². The number of hydrogen-bond donors (Lipinski definition) is 3. The van der Waals surface area contributed by atoms with E-state index in [1.807, 2.05) is 0 Å². The van der Waals surface area contributed by atoms with Gasteiger partial charge in [-0.05, 0) is 73.5 Å². The maximum Gasteiger partial charge on any atom is 0.160 e. The van der Waals surface area contributed by atoms with E-state index in [9.17, 15) is 10.2 Å². The van der Waals surface area contributed by atoms with Gasteiger partial charge < -0.3 is 20.3 Å². The minimum Gasteiger partial charge on any atom is -0.389 e. The Bertz CT molecular complexity index is 613. The monoisotopic (exact) mass is 421 g/mol. The lowest BCUT2D eigenvalue weighted by Crippen LogP contribution is -2.59. The summed E-state index contributed by atoms with van der Waals surface area (Å²) < 4.78 is 6.05. The second-order valence-corrected chi connectivity index (χ2v) is 13.6. The molecule has 4 heteroatoms. The number of ether oxygens (including phenoxy) is 1. The quantitative estimate of drug-likeness (QED) is 0.543. The number of piperidine rings is 1. The highest BCUT2D eigenvalue weighted by Crippen LogP contribution is 2.58. The summed E-state index contributed by atoms with van der Waals surface area (Å²) in [5.41, 5.74) is -0.906. The second kappa shape index (κ2) is 7.43. The van der Waals surface area contributed by atoms with Crippen molar-refractivity contribution in [2.24, 2.45) is 39.9 Å². The Morgan fingerprint density at radius 1 is 0.967 bits per heavy atom. The lowest BCUT2D eigenvalue weighted by Gasteiger charge is -2.54. The van der Waals surface area contributed by atoms with E-state index < -0.39 is 11.9 Å². The van der Waals surface area contributed by atoms with Crippen molar-refractivity contribution in [2.45, 2.75) is 117 Å². The lowest BCUT2D eigenvalue weighted by atomic mass is 9.54. The van der Waals surface area contributed by atoms with Crippen molar-refractivity contribution in [1.82, 2.24) is 5.32 Å². The van der Waals surface area contributed by atoms with Gasteiger partial charge in [0.25, 0.3) is 0 Å². The first-order chi connectivity index (χ1) is 13.8. The SMILES string of the molecule is CC(C)(C)C(C)(C(O)OCCC1CC(C2(O)CC3CC4CC2C(C3)N4)C1)C(C)(C)C. The Morgan fingerprint density at radius 2 is 1.60 bits per heavy atom. The molecule has 0 spiro atoms. The van der Waals surface area contributed by atoms with Gasteiger partial charge in [0.1, 0.15) is 0 Å². The minimum atomic E-state index is -0.770. The van der Waals surface area contributed by atoms with Crippen molar-refractivity contribution in [1.29, 1.82) is 0 Å². The molecular formula is C26H47NO3. The van der Waals surface area contributed by atoms with Crippen LogP contribution in [-0.4, -0.2) is 40.8 Å². The Hall–Kier alpha value is -0.160. The van der Waals surface area contributed by atoms with E-state index in [1.165, 1.54) is 19.3 Å². The van der Waals surface area contributed by atoms with Crippen LogP contribution in [0.1, 0.15) is 93.4 Å². The van der Waals surface area contributed by atoms with Gasteiger partial charge in [-0.3, -0.25) is 0 Å². The van der Waals surface area contributed by atoms with Crippen LogP contribution in [0, 0.1) is 39.9 Å². The van der Waals surface area contributed by atoms with Crippen LogP contribution in [0.4, 0.5) is 0 Å². The summed E-state index contributed by atoms with van der Waals surface area (Å²) >= 11 is 0. The van der Waals surface area contributed by atoms with Gasteiger partial charge in [-0.15, -0.1) is 0 Å². The molecule has 3 N–H and O–H groups in total. The van der Waals surface area contributed by atoms with Crippen molar-refractivity contribution >= 4 is 0 Å². The number of hydrogen-bond acceptors (Lipinski definition) is 4. The minimum absolute atomic E-state index is 0.0665. The smallest absolute Gasteiger partial charge is 0.160 e. The topological polar surface area (TPSA) is 61.7 Å². The zero-order valence-electron chi connectivity index (χ0n) is 20.5. The third-order valence-electron chi connectivity index (χ3n) is 10.3. The number of aliphatic hydroxyl groups is 2. The Labute approximate surface area is 184 Å². The molecule has 3 bridgehead atoms. The van der Waals surface area contributed by atoms with Crippen molar-refractivity contribution in [2.75, 3.05) is 6.61 Å². The van der Waals surface area contributed by atoms with Gasteiger partial charge in [0, 0.05) is 23.4 Å². The molecule has 2 heterocycles. The number of fused-ring (bicyclic) bond motifs is 2. The molecule has 6 unspecified atom stereocenters. The molecule has 0 aromatic rings. The first-order valence-corrected chi connectivity index (χ1v) is 12.5. The van der Waals surface area contributed by atoms with Crippen LogP contribution in [0.25, 0.3) is 0 Å². The van der Waals surface area contributed by atoms with E-state index in [4.69, 9.17) is 4.74 Å². The molecule has 30 heavy (non-hydrogen) atoms. The lowest BCUT2D eigenvalue weighted by molar-refractivity contribution is -0.240.